The van der Waals surface area contributed by atoms with E-state index in [1.54, 1.807) is 0 Å². The van der Waals surface area contributed by atoms with Crippen molar-refractivity contribution < 1.29 is 0 Å². The molecule has 0 atom stereocenters. The van der Waals surface area contributed by atoms with E-state index in [1.165, 1.54) is 27.6 Å². The van der Waals surface area contributed by atoms with Crippen LogP contribution >= 0.6 is 0 Å². The standard InChI is InChI=1S/C17H23N7/c18-24-12-20-17(22-24)21-14-6-9-23(10-7-14)8-5-13-11-19-16-4-2-1-3-15(13)16/h1-4,11-12,14,19H,5-10,18H2,(H,21,22). The Morgan fingerprint density at radius 3 is 2.88 bits per heavy atom. The molecule has 0 aliphatic carbocycles. The van der Waals surface area contributed by atoms with E-state index >= 15 is 0 Å². The largest absolute Gasteiger partial charge is 0.361 e. The van der Waals surface area contributed by atoms with E-state index in [-0.39, 0.29) is 0 Å². The smallest absolute Gasteiger partial charge is 0.244 e. The van der Waals surface area contributed by atoms with Crippen molar-refractivity contribution in [3.8, 4) is 0 Å². The second-order valence-corrected chi connectivity index (χ2v) is 6.42. The van der Waals surface area contributed by atoms with Crippen molar-refractivity contribution in [2.45, 2.75) is 25.3 Å². The molecule has 1 aliphatic rings. The van der Waals surface area contributed by atoms with Gasteiger partial charge in [-0.15, -0.1) is 5.10 Å². The van der Waals surface area contributed by atoms with Gasteiger partial charge in [0.25, 0.3) is 0 Å². The summed E-state index contributed by atoms with van der Waals surface area (Å²) in [5, 5.41) is 8.78. The normalized spacial score (nSPS) is 16.7. The van der Waals surface area contributed by atoms with E-state index in [2.05, 4.69) is 55.7 Å². The van der Waals surface area contributed by atoms with Gasteiger partial charge < -0.3 is 21.0 Å². The Hall–Kier alpha value is -2.54. The molecule has 126 valence electrons. The quantitative estimate of drug-likeness (QED) is 0.620. The van der Waals surface area contributed by atoms with Gasteiger partial charge >= 0.3 is 0 Å². The fraction of sp³-hybridized carbons (Fsp3) is 0.412. The van der Waals surface area contributed by atoms with Gasteiger partial charge in [0.2, 0.25) is 5.95 Å². The zero-order valence-electron chi connectivity index (χ0n) is 13.7. The first kappa shape index (κ1) is 15.0. The molecule has 0 bridgehead atoms. The molecule has 0 amide bonds. The molecule has 0 radical (unpaired) electrons. The molecule has 0 unspecified atom stereocenters. The number of H-pyrrole nitrogens is 1. The predicted octanol–water partition coefficient (Wildman–Crippen LogP) is 1.59. The van der Waals surface area contributed by atoms with Crippen LogP contribution in [0.3, 0.4) is 0 Å². The fourth-order valence-corrected chi connectivity index (χ4v) is 3.44. The number of nitrogens with two attached hydrogens (primary N) is 1. The summed E-state index contributed by atoms with van der Waals surface area (Å²) < 4.78 is 0. The minimum absolute atomic E-state index is 0.428. The second kappa shape index (κ2) is 6.52. The zero-order chi connectivity index (χ0) is 16.4. The Labute approximate surface area is 140 Å². The van der Waals surface area contributed by atoms with E-state index in [1.807, 2.05) is 0 Å². The summed E-state index contributed by atoms with van der Waals surface area (Å²) in [6.07, 6.45) is 6.95. The molecule has 1 saturated heterocycles. The number of hydrogen-bond donors (Lipinski definition) is 3. The molecule has 4 rings (SSSR count). The number of likely N-dealkylation sites (tertiary alicyclic amines) is 1. The maximum atomic E-state index is 5.52. The number of fused-ring (bicyclic) bond motifs is 1. The van der Waals surface area contributed by atoms with Crippen molar-refractivity contribution in [3.63, 3.8) is 0 Å². The van der Waals surface area contributed by atoms with E-state index < -0.39 is 0 Å². The van der Waals surface area contributed by atoms with Crippen LogP contribution in [-0.4, -0.2) is 50.4 Å². The number of anilines is 1. The van der Waals surface area contributed by atoms with Crippen LogP contribution in [0.5, 0.6) is 0 Å². The summed E-state index contributed by atoms with van der Waals surface area (Å²) in [4.78, 5) is 11.3. The molecule has 0 spiro atoms. The summed E-state index contributed by atoms with van der Waals surface area (Å²) >= 11 is 0. The van der Waals surface area contributed by atoms with Gasteiger partial charge in [-0.3, -0.25) is 0 Å². The third-order valence-electron chi connectivity index (χ3n) is 4.80. The number of para-hydroxylation sites is 1. The topological polar surface area (TPSA) is 87.8 Å². The first-order valence-electron chi connectivity index (χ1n) is 8.48. The van der Waals surface area contributed by atoms with Crippen LogP contribution < -0.4 is 11.2 Å². The zero-order valence-corrected chi connectivity index (χ0v) is 13.7. The molecule has 24 heavy (non-hydrogen) atoms. The van der Waals surface area contributed by atoms with E-state index in [4.69, 9.17) is 5.84 Å². The Kier molecular flexibility index (Phi) is 4.08. The lowest BCUT2D eigenvalue weighted by atomic mass is 10.0. The number of rotatable bonds is 5. The molecule has 1 aliphatic heterocycles. The highest BCUT2D eigenvalue weighted by Gasteiger charge is 2.20. The van der Waals surface area contributed by atoms with E-state index in [0.717, 1.165) is 38.9 Å². The van der Waals surface area contributed by atoms with Crippen LogP contribution in [0.2, 0.25) is 0 Å². The van der Waals surface area contributed by atoms with Crippen LogP contribution in [0.1, 0.15) is 18.4 Å². The summed E-state index contributed by atoms with van der Waals surface area (Å²) in [6.45, 7) is 3.30. The third-order valence-corrected chi connectivity index (χ3v) is 4.80. The van der Waals surface area contributed by atoms with Crippen LogP contribution in [-0.2, 0) is 6.42 Å². The highest BCUT2D eigenvalue weighted by molar-refractivity contribution is 5.83. The molecular weight excluding hydrogens is 302 g/mol. The number of aromatic nitrogens is 4. The SMILES string of the molecule is Nn1cnc(NC2CCN(CCc3c[nH]c4ccccc34)CC2)n1. The van der Waals surface area contributed by atoms with Crippen molar-refractivity contribution in [1.82, 2.24) is 24.8 Å². The second-order valence-electron chi connectivity index (χ2n) is 6.42. The van der Waals surface area contributed by atoms with E-state index in [9.17, 15) is 0 Å². The van der Waals surface area contributed by atoms with Gasteiger partial charge in [0, 0.05) is 42.8 Å². The van der Waals surface area contributed by atoms with Crippen LogP contribution in [0.4, 0.5) is 5.95 Å². The predicted molar refractivity (Wildman–Crippen MR) is 95.3 cm³/mol. The number of hydrogen-bond acceptors (Lipinski definition) is 5. The summed E-state index contributed by atoms with van der Waals surface area (Å²) in [6, 6.07) is 8.93. The molecular formula is C17H23N7. The average molecular weight is 325 g/mol. The van der Waals surface area contributed by atoms with E-state index in [0.29, 0.717) is 12.0 Å². The molecule has 3 heterocycles. The molecule has 4 N–H and O–H groups in total. The Bertz CT molecular complexity index is 798. The molecule has 1 fully saturated rings. The lowest BCUT2D eigenvalue weighted by Gasteiger charge is -2.32. The third kappa shape index (κ3) is 3.21. The highest BCUT2D eigenvalue weighted by Crippen LogP contribution is 2.19. The number of nitrogens with zero attached hydrogens (tertiary/aromatic N) is 4. The van der Waals surface area contributed by atoms with Gasteiger partial charge in [0.05, 0.1) is 0 Å². The summed E-state index contributed by atoms with van der Waals surface area (Å²) in [5.41, 5.74) is 2.63. The highest BCUT2D eigenvalue weighted by atomic mass is 15.5. The van der Waals surface area contributed by atoms with Crippen molar-refractivity contribution in [2.75, 3.05) is 30.8 Å². The van der Waals surface area contributed by atoms with Crippen molar-refractivity contribution >= 4 is 16.9 Å². The Morgan fingerprint density at radius 1 is 1.25 bits per heavy atom. The molecule has 2 aromatic heterocycles. The minimum atomic E-state index is 0.428. The maximum Gasteiger partial charge on any atom is 0.244 e. The van der Waals surface area contributed by atoms with Crippen molar-refractivity contribution in [2.24, 2.45) is 0 Å². The first-order chi connectivity index (χ1) is 11.8. The van der Waals surface area contributed by atoms with Crippen molar-refractivity contribution in [3.05, 3.63) is 42.4 Å². The number of benzene rings is 1. The molecule has 7 heteroatoms. The van der Waals surface area contributed by atoms with Crippen LogP contribution in [0, 0.1) is 0 Å². The number of aromatic amines is 1. The maximum absolute atomic E-state index is 5.52. The average Bonchev–Trinajstić information content (AvgIpc) is 3.20. The van der Waals surface area contributed by atoms with Gasteiger partial charge in [0.1, 0.15) is 6.33 Å². The number of nitrogens with one attached hydrogen (secondary N) is 2. The molecule has 3 aromatic rings. The molecule has 0 saturated carbocycles. The van der Waals surface area contributed by atoms with Gasteiger partial charge in [-0.1, -0.05) is 18.2 Å². The van der Waals surface area contributed by atoms with Gasteiger partial charge in [-0.25, -0.2) is 0 Å². The summed E-state index contributed by atoms with van der Waals surface area (Å²) in [5.74, 6) is 6.14. The van der Waals surface area contributed by atoms with Crippen LogP contribution in [0.25, 0.3) is 10.9 Å². The Balaban J connectivity index is 1.27. The van der Waals surface area contributed by atoms with Gasteiger partial charge in [-0.2, -0.15) is 9.77 Å². The summed E-state index contributed by atoms with van der Waals surface area (Å²) in [7, 11) is 0. The fourth-order valence-electron chi connectivity index (χ4n) is 3.44. The molecule has 1 aromatic carbocycles. The number of piperidine rings is 1. The van der Waals surface area contributed by atoms with Gasteiger partial charge in [-0.05, 0) is 30.9 Å². The minimum Gasteiger partial charge on any atom is -0.361 e. The lowest BCUT2D eigenvalue weighted by molar-refractivity contribution is 0.221. The van der Waals surface area contributed by atoms with Crippen LogP contribution in [0.15, 0.2) is 36.8 Å². The lowest BCUT2D eigenvalue weighted by Crippen LogP contribution is -2.40. The Morgan fingerprint density at radius 2 is 2.08 bits per heavy atom. The van der Waals surface area contributed by atoms with Gasteiger partial charge in [0.15, 0.2) is 0 Å². The molecule has 7 nitrogen and oxygen atoms in total. The first-order valence-corrected chi connectivity index (χ1v) is 8.48. The van der Waals surface area contributed by atoms with Crippen molar-refractivity contribution in [1.29, 1.82) is 0 Å². The monoisotopic (exact) mass is 325 g/mol. The number of nitrogen functional groups attached to an aromatic ring is 1.